The number of benzene rings is 6. The minimum Gasteiger partial charge on any atom is -0.493 e. The summed E-state index contributed by atoms with van der Waals surface area (Å²) >= 11 is 0. The van der Waals surface area contributed by atoms with E-state index in [9.17, 15) is 88.7 Å². The number of β-amino-alcohol motifs (C(OH)–C–C–N with tert-alkyl or cyclic N) is 2. The van der Waals surface area contributed by atoms with Gasteiger partial charge in [0.15, 0.2) is 0 Å². The van der Waals surface area contributed by atoms with Gasteiger partial charge in [-0.15, -0.1) is 0 Å². The van der Waals surface area contributed by atoms with Gasteiger partial charge in [-0.1, -0.05) is 36.4 Å². The zero-order valence-electron chi connectivity index (χ0n) is 59.4. The van der Waals surface area contributed by atoms with E-state index in [0.29, 0.717) is 106 Å². The second kappa shape index (κ2) is 30.7. The fourth-order valence-electron chi connectivity index (χ4n) is 12.8. The van der Waals surface area contributed by atoms with E-state index in [0.717, 1.165) is 53.1 Å². The second-order valence-electron chi connectivity index (χ2n) is 29.0. The molecule has 0 fully saturated rings. The number of ether oxygens (including phenoxy) is 3. The van der Waals surface area contributed by atoms with E-state index in [1.54, 1.807) is 110 Å². The number of fused-ring (bicyclic) bond motifs is 6. The van der Waals surface area contributed by atoms with Crippen LogP contribution in [0.3, 0.4) is 0 Å². The highest BCUT2D eigenvalue weighted by atomic mass is 19.4. The number of alkyl halides is 9. The molecule has 570 valence electrons. The molecule has 0 radical (unpaired) electrons. The fourth-order valence-corrected chi connectivity index (χ4v) is 12.8. The maximum Gasteiger partial charge on any atom is 0.416 e. The molecular formula is C76H80F9N9O13. The monoisotopic (exact) mass is 1500 g/mol. The summed E-state index contributed by atoms with van der Waals surface area (Å²) in [6.45, 7) is 14.1. The van der Waals surface area contributed by atoms with Crippen molar-refractivity contribution in [1.82, 2.24) is 14.7 Å². The number of halogens is 9. The Morgan fingerprint density at radius 3 is 1.21 bits per heavy atom. The van der Waals surface area contributed by atoms with Crippen molar-refractivity contribution < 1.29 is 103 Å². The Hall–Kier alpha value is -10.6. The molecule has 12 rings (SSSR count). The van der Waals surface area contributed by atoms with Gasteiger partial charge in [-0.25, -0.2) is 14.4 Å². The summed E-state index contributed by atoms with van der Waals surface area (Å²) in [6.07, 6.45) is -7.77. The number of amides is 9. The molecule has 6 aliphatic rings. The van der Waals surface area contributed by atoms with Crippen molar-refractivity contribution in [3.05, 3.63) is 177 Å². The number of hydrogen-bond donors (Lipinski definition) is 10. The van der Waals surface area contributed by atoms with E-state index in [1.165, 1.54) is 51.1 Å². The molecule has 0 aromatic heterocycles. The second-order valence-corrected chi connectivity index (χ2v) is 29.0. The molecule has 0 saturated carbocycles. The molecule has 31 heteroatoms. The van der Waals surface area contributed by atoms with Crippen LogP contribution in [0.2, 0.25) is 0 Å². The molecular weight excluding hydrogens is 1420 g/mol. The molecule has 6 aromatic rings. The van der Waals surface area contributed by atoms with Crippen molar-refractivity contribution in [3.8, 4) is 17.2 Å². The summed E-state index contributed by atoms with van der Waals surface area (Å²) < 4.78 is 135. The smallest absolute Gasteiger partial charge is 0.416 e. The Morgan fingerprint density at radius 1 is 0.495 bits per heavy atom. The minimum atomic E-state index is -4.52. The quantitative estimate of drug-likeness (QED) is 0.0381. The minimum absolute atomic E-state index is 0.0604. The van der Waals surface area contributed by atoms with E-state index in [1.807, 2.05) is 0 Å². The molecule has 0 saturated heterocycles. The van der Waals surface area contributed by atoms with Gasteiger partial charge in [-0.3, -0.25) is 14.4 Å². The zero-order chi connectivity index (χ0) is 78.1. The predicted molar refractivity (Wildman–Crippen MR) is 381 cm³/mol. The van der Waals surface area contributed by atoms with Crippen molar-refractivity contribution in [1.29, 1.82) is 0 Å². The lowest BCUT2D eigenvalue weighted by molar-refractivity contribution is -0.138. The number of carbonyl (C=O) groups excluding carboxylic acids is 6. The molecule has 0 aliphatic carbocycles. The number of carbonyl (C=O) groups is 6. The van der Waals surface area contributed by atoms with E-state index in [4.69, 9.17) is 14.2 Å². The first kappa shape index (κ1) is 78.9. The molecule has 22 nitrogen and oxygen atoms in total. The van der Waals surface area contributed by atoms with Crippen LogP contribution in [0.4, 0.5) is 88.0 Å². The van der Waals surface area contributed by atoms with Crippen LogP contribution in [-0.4, -0.2) is 132 Å². The highest BCUT2D eigenvalue weighted by Gasteiger charge is 2.39. The third-order valence-corrected chi connectivity index (χ3v) is 17.5. The average molecular weight is 1500 g/mol. The normalized spacial score (nSPS) is 17.7. The summed E-state index contributed by atoms with van der Waals surface area (Å²) in [5.41, 5.74) is 2.13. The Morgan fingerprint density at radius 2 is 0.841 bits per heavy atom. The first-order valence-electron chi connectivity index (χ1n) is 33.8. The molecule has 107 heavy (non-hydrogen) atoms. The Kier molecular flexibility index (Phi) is 22.6. The summed E-state index contributed by atoms with van der Waals surface area (Å²) in [5.74, 6) is -1.16. The Bertz CT molecular complexity index is 4550. The van der Waals surface area contributed by atoms with Gasteiger partial charge in [0.05, 0.1) is 66.8 Å². The van der Waals surface area contributed by atoms with Crippen LogP contribution in [0.1, 0.15) is 131 Å². The molecule has 0 bridgehead atoms. The van der Waals surface area contributed by atoms with Gasteiger partial charge in [-0.2, -0.15) is 39.5 Å². The van der Waals surface area contributed by atoms with E-state index < -0.39 is 87.4 Å². The third kappa shape index (κ3) is 20.3. The maximum absolute atomic E-state index is 13.2. The molecule has 6 aliphatic heterocycles. The largest absolute Gasteiger partial charge is 0.493 e. The van der Waals surface area contributed by atoms with Gasteiger partial charge in [-0.05, 0) is 174 Å². The highest BCUT2D eigenvalue weighted by Crippen LogP contribution is 2.46. The van der Waals surface area contributed by atoms with Crippen molar-refractivity contribution in [2.24, 2.45) is 0 Å². The standard InChI is InChI=1S/C26H28F3N3O4.C25H26F3N3O5.C25H26F3N3O4/c1-24(2,35)14-32-13-15-5-7-18(11-20(15)31-23(32)34)30-22(33)9-16-12-25(3,4)36-21-10-17(26(27,28)29)6-8-19(16)21;1-24(2)10-15(19-6-4-16(25(26,27)28)8-21(19)36-24)7-22(34)29-17-5-3-14-11-31(18(12-32)13-33)23(35)30-20(14)9-17;1-24(2,34)14-31-13-16-5-7-18(12-20(16)30-23(31)33)29-22(32)10-15-4-3-9-35-21-11-17(25(26,27)28)6-8-19(15)21/h5-11,35H,12-14H2,1-4H3,(H,30,33)(H,31,34);3-9,18,32-33H,10-13H2,1-2H3,(H,29,34)(H,30,35);5-8,10-12,34H,3-4,9,13-14H2,1-2H3,(H,29,32)(H,30,33)/b16-9+;15-7+;15-10+. The van der Waals surface area contributed by atoms with Crippen LogP contribution < -0.4 is 46.1 Å². The van der Waals surface area contributed by atoms with E-state index in [2.05, 4.69) is 31.9 Å². The van der Waals surface area contributed by atoms with E-state index in [-0.39, 0.29) is 68.8 Å². The van der Waals surface area contributed by atoms with Crippen molar-refractivity contribution in [2.75, 3.05) is 64.8 Å². The highest BCUT2D eigenvalue weighted by molar-refractivity contribution is 6.07. The van der Waals surface area contributed by atoms with E-state index >= 15 is 0 Å². The number of allylic oxidation sites excluding steroid dienone is 1. The van der Waals surface area contributed by atoms with Crippen LogP contribution >= 0.6 is 0 Å². The fraction of sp³-hybridized carbons (Fsp3) is 0.368. The Labute approximate surface area is 609 Å². The van der Waals surface area contributed by atoms with Gasteiger partial charge in [0.2, 0.25) is 17.7 Å². The lowest BCUT2D eigenvalue weighted by atomic mass is 9.88. The number of nitrogens with one attached hydrogen (secondary N) is 6. The number of urea groups is 3. The molecule has 0 atom stereocenters. The van der Waals surface area contributed by atoms with Crippen molar-refractivity contribution >= 4 is 86.7 Å². The van der Waals surface area contributed by atoms with Crippen molar-refractivity contribution in [2.45, 2.75) is 148 Å². The summed E-state index contributed by atoms with van der Waals surface area (Å²) in [4.78, 5) is 79.9. The van der Waals surface area contributed by atoms with Crippen LogP contribution in [0.25, 0.3) is 16.7 Å². The molecule has 6 aromatic carbocycles. The number of anilines is 6. The summed E-state index contributed by atoms with van der Waals surface area (Å²) in [7, 11) is 0. The van der Waals surface area contributed by atoms with Crippen LogP contribution in [-0.2, 0) is 52.5 Å². The van der Waals surface area contributed by atoms with Gasteiger partial charge in [0.1, 0.15) is 28.5 Å². The first-order chi connectivity index (χ1) is 49.9. The zero-order valence-corrected chi connectivity index (χ0v) is 59.4. The number of nitrogens with zero attached hydrogens (tertiary/aromatic N) is 3. The van der Waals surface area contributed by atoms with Crippen LogP contribution in [0, 0.1) is 0 Å². The lowest BCUT2D eigenvalue weighted by Gasteiger charge is -2.34. The molecule has 9 amide bonds. The summed E-state index contributed by atoms with van der Waals surface area (Å²) in [6, 6.07) is 23.0. The Balaban J connectivity index is 0.000000172. The molecule has 10 N–H and O–H groups in total. The topological polar surface area (TPSA) is 293 Å². The predicted octanol–water partition coefficient (Wildman–Crippen LogP) is 14.4. The lowest BCUT2D eigenvalue weighted by Crippen LogP contribution is -2.48. The number of rotatable bonds is 13. The molecule has 0 unspecified atom stereocenters. The van der Waals surface area contributed by atoms with Gasteiger partial charge in [0, 0.05) is 102 Å². The van der Waals surface area contributed by atoms with Crippen LogP contribution in [0.15, 0.2) is 127 Å². The number of aliphatic hydroxyl groups is 4. The molecule has 0 spiro atoms. The third-order valence-electron chi connectivity index (χ3n) is 17.5. The van der Waals surface area contributed by atoms with Gasteiger partial charge >= 0.3 is 36.6 Å². The number of hydrogen-bond acceptors (Lipinski definition) is 13. The van der Waals surface area contributed by atoms with Crippen molar-refractivity contribution in [3.63, 3.8) is 0 Å². The van der Waals surface area contributed by atoms with Gasteiger partial charge in [0.25, 0.3) is 0 Å². The van der Waals surface area contributed by atoms with Gasteiger partial charge < -0.3 is 81.2 Å². The first-order valence-corrected chi connectivity index (χ1v) is 33.8. The maximum atomic E-state index is 13.2. The van der Waals surface area contributed by atoms with Crippen LogP contribution in [0.5, 0.6) is 17.2 Å². The average Bonchev–Trinajstić information content (AvgIpc) is 1.05. The number of aliphatic hydroxyl groups excluding tert-OH is 2. The summed E-state index contributed by atoms with van der Waals surface area (Å²) in [5, 5.41) is 55.2. The molecule has 6 heterocycles. The SMILES string of the molecule is CC(C)(O)CN1Cc2ccc(NC(=O)/C=C3\CC(C)(C)Oc4cc(C(F)(F)F)ccc43)cc2NC1=O.CC(C)(O)CN1Cc2ccc(NC(=O)/C=C3\CCCOc4cc(C(F)(F)F)ccc43)cc2NC1=O.CC1(C)C/C(=C\C(=O)Nc2ccc3c(c2)NC(=O)N(C(CO)CO)C3)c2ccc(C(F)(F)F)cc2O1.